The monoisotopic (exact) mass is 298 g/mol. The molecule has 0 heterocycles. The molecule has 118 valence electrons. The lowest BCUT2D eigenvalue weighted by molar-refractivity contribution is 0.174. The Balaban J connectivity index is 1.82. The molecule has 2 aromatic rings. The SMILES string of the molecule is CCN(CC)c1ccc(CNCC(O)c2ccccc2)cc1. The lowest BCUT2D eigenvalue weighted by Crippen LogP contribution is -2.22. The standard InChI is InChI=1S/C19H26N2O/c1-3-21(4-2)18-12-10-16(11-13-18)14-20-15-19(22)17-8-6-5-7-9-17/h5-13,19-20,22H,3-4,14-15H2,1-2H3. The molecule has 0 fully saturated rings. The van der Waals surface area contributed by atoms with Crippen LogP contribution >= 0.6 is 0 Å². The third-order valence-electron chi connectivity index (χ3n) is 3.92. The minimum Gasteiger partial charge on any atom is -0.387 e. The van der Waals surface area contributed by atoms with Crippen molar-refractivity contribution in [2.75, 3.05) is 24.5 Å². The molecule has 2 aromatic carbocycles. The van der Waals surface area contributed by atoms with Gasteiger partial charge in [0.2, 0.25) is 0 Å². The Hall–Kier alpha value is -1.84. The van der Waals surface area contributed by atoms with E-state index in [0.29, 0.717) is 6.54 Å². The smallest absolute Gasteiger partial charge is 0.0914 e. The number of rotatable bonds is 8. The number of aliphatic hydroxyl groups excluding tert-OH is 1. The van der Waals surface area contributed by atoms with Crippen LogP contribution in [0.2, 0.25) is 0 Å². The van der Waals surface area contributed by atoms with Gasteiger partial charge in [0.25, 0.3) is 0 Å². The lowest BCUT2D eigenvalue weighted by Gasteiger charge is -2.21. The first-order chi connectivity index (χ1) is 10.7. The van der Waals surface area contributed by atoms with Crippen LogP contribution in [0.1, 0.15) is 31.1 Å². The first kappa shape index (κ1) is 16.5. The molecule has 0 spiro atoms. The van der Waals surface area contributed by atoms with Crippen molar-refractivity contribution in [1.29, 1.82) is 0 Å². The third-order valence-corrected chi connectivity index (χ3v) is 3.92. The van der Waals surface area contributed by atoms with E-state index in [4.69, 9.17) is 0 Å². The Kier molecular flexibility index (Phi) is 6.44. The summed E-state index contributed by atoms with van der Waals surface area (Å²) >= 11 is 0. The third kappa shape index (κ3) is 4.58. The van der Waals surface area contributed by atoms with Crippen molar-refractivity contribution in [3.8, 4) is 0 Å². The minimum atomic E-state index is -0.462. The Morgan fingerprint density at radius 3 is 2.18 bits per heavy atom. The van der Waals surface area contributed by atoms with E-state index in [-0.39, 0.29) is 0 Å². The maximum atomic E-state index is 10.1. The molecule has 3 heteroatoms. The highest BCUT2D eigenvalue weighted by Crippen LogP contribution is 2.15. The summed E-state index contributed by atoms with van der Waals surface area (Å²) in [5, 5.41) is 13.4. The number of nitrogens with one attached hydrogen (secondary N) is 1. The quantitative estimate of drug-likeness (QED) is 0.784. The molecule has 0 amide bonds. The van der Waals surface area contributed by atoms with E-state index in [1.165, 1.54) is 11.3 Å². The molecule has 0 aliphatic rings. The first-order valence-electron chi connectivity index (χ1n) is 8.02. The van der Waals surface area contributed by atoms with Crippen molar-refractivity contribution >= 4 is 5.69 Å². The zero-order valence-corrected chi connectivity index (χ0v) is 13.5. The molecule has 3 nitrogen and oxygen atoms in total. The predicted octanol–water partition coefficient (Wildman–Crippen LogP) is 3.36. The van der Waals surface area contributed by atoms with Crippen LogP contribution in [-0.4, -0.2) is 24.7 Å². The molecule has 0 aliphatic carbocycles. The lowest BCUT2D eigenvalue weighted by atomic mass is 10.1. The number of aliphatic hydroxyl groups is 1. The van der Waals surface area contributed by atoms with Gasteiger partial charge in [0, 0.05) is 31.9 Å². The van der Waals surface area contributed by atoms with Gasteiger partial charge in [-0.3, -0.25) is 0 Å². The van der Waals surface area contributed by atoms with Crippen molar-refractivity contribution in [3.63, 3.8) is 0 Å². The highest BCUT2D eigenvalue weighted by molar-refractivity contribution is 5.47. The molecule has 0 saturated heterocycles. The van der Waals surface area contributed by atoms with E-state index in [0.717, 1.165) is 25.2 Å². The molecule has 0 radical (unpaired) electrons. The summed E-state index contributed by atoms with van der Waals surface area (Å²) in [6.45, 7) is 7.72. The number of nitrogens with zero attached hydrogens (tertiary/aromatic N) is 1. The molecule has 0 aromatic heterocycles. The average Bonchev–Trinajstić information content (AvgIpc) is 2.58. The molecule has 2 N–H and O–H groups in total. The topological polar surface area (TPSA) is 35.5 Å². The Morgan fingerprint density at radius 2 is 1.59 bits per heavy atom. The van der Waals surface area contributed by atoms with Gasteiger partial charge in [0.1, 0.15) is 0 Å². The van der Waals surface area contributed by atoms with Gasteiger partial charge in [-0.1, -0.05) is 42.5 Å². The highest BCUT2D eigenvalue weighted by Gasteiger charge is 2.06. The second kappa shape index (κ2) is 8.57. The fourth-order valence-corrected chi connectivity index (χ4v) is 2.56. The van der Waals surface area contributed by atoms with Gasteiger partial charge >= 0.3 is 0 Å². The van der Waals surface area contributed by atoms with Gasteiger partial charge in [0.05, 0.1) is 6.10 Å². The van der Waals surface area contributed by atoms with Crippen molar-refractivity contribution < 1.29 is 5.11 Å². The van der Waals surface area contributed by atoms with Crippen LogP contribution in [0.5, 0.6) is 0 Å². The fourth-order valence-electron chi connectivity index (χ4n) is 2.56. The molecule has 1 atom stereocenters. The van der Waals surface area contributed by atoms with Gasteiger partial charge < -0.3 is 15.3 Å². The highest BCUT2D eigenvalue weighted by atomic mass is 16.3. The van der Waals surface area contributed by atoms with Gasteiger partial charge in [-0.25, -0.2) is 0 Å². The second-order valence-electron chi connectivity index (χ2n) is 5.40. The first-order valence-corrected chi connectivity index (χ1v) is 8.02. The molecule has 0 saturated carbocycles. The number of hydrogen-bond acceptors (Lipinski definition) is 3. The van der Waals surface area contributed by atoms with Crippen molar-refractivity contribution in [2.45, 2.75) is 26.5 Å². The zero-order valence-electron chi connectivity index (χ0n) is 13.5. The Morgan fingerprint density at radius 1 is 0.955 bits per heavy atom. The van der Waals surface area contributed by atoms with Crippen molar-refractivity contribution in [3.05, 3.63) is 65.7 Å². The molecular formula is C19H26N2O. The van der Waals surface area contributed by atoms with Crippen molar-refractivity contribution in [2.24, 2.45) is 0 Å². The van der Waals surface area contributed by atoms with Crippen LogP contribution in [0, 0.1) is 0 Å². The molecule has 0 aliphatic heterocycles. The summed E-state index contributed by atoms with van der Waals surface area (Å²) < 4.78 is 0. The van der Waals surface area contributed by atoms with Gasteiger partial charge in [-0.15, -0.1) is 0 Å². The molecule has 22 heavy (non-hydrogen) atoms. The minimum absolute atomic E-state index is 0.462. The number of hydrogen-bond donors (Lipinski definition) is 2. The normalized spacial score (nSPS) is 12.1. The van der Waals surface area contributed by atoms with Crippen LogP contribution in [0.25, 0.3) is 0 Å². The summed E-state index contributed by atoms with van der Waals surface area (Å²) in [4.78, 5) is 2.33. The van der Waals surface area contributed by atoms with E-state index in [1.54, 1.807) is 0 Å². The average molecular weight is 298 g/mol. The predicted molar refractivity (Wildman–Crippen MR) is 93.1 cm³/mol. The van der Waals surface area contributed by atoms with Crippen LogP contribution in [-0.2, 0) is 6.54 Å². The fraction of sp³-hybridized carbons (Fsp3) is 0.368. The van der Waals surface area contributed by atoms with E-state index in [2.05, 4.69) is 48.3 Å². The number of anilines is 1. The van der Waals surface area contributed by atoms with Crippen LogP contribution in [0.15, 0.2) is 54.6 Å². The van der Waals surface area contributed by atoms with Gasteiger partial charge in [0.15, 0.2) is 0 Å². The van der Waals surface area contributed by atoms with E-state index in [1.807, 2.05) is 30.3 Å². The maximum absolute atomic E-state index is 10.1. The Labute approximate surface area is 133 Å². The van der Waals surface area contributed by atoms with Crippen LogP contribution < -0.4 is 10.2 Å². The maximum Gasteiger partial charge on any atom is 0.0914 e. The summed E-state index contributed by atoms with van der Waals surface area (Å²) in [6.07, 6.45) is -0.462. The molecule has 0 bridgehead atoms. The van der Waals surface area contributed by atoms with Crippen LogP contribution in [0.3, 0.4) is 0 Å². The van der Waals surface area contributed by atoms with Crippen molar-refractivity contribution in [1.82, 2.24) is 5.32 Å². The second-order valence-corrected chi connectivity index (χ2v) is 5.40. The summed E-state index contributed by atoms with van der Waals surface area (Å²) in [5.74, 6) is 0. The van der Waals surface area contributed by atoms with Crippen LogP contribution in [0.4, 0.5) is 5.69 Å². The summed E-state index contributed by atoms with van der Waals surface area (Å²) in [7, 11) is 0. The molecular weight excluding hydrogens is 272 g/mol. The van der Waals surface area contributed by atoms with Gasteiger partial charge in [-0.05, 0) is 37.1 Å². The summed E-state index contributed by atoms with van der Waals surface area (Å²) in [5.41, 5.74) is 3.45. The van der Waals surface area contributed by atoms with E-state index < -0.39 is 6.10 Å². The van der Waals surface area contributed by atoms with E-state index in [9.17, 15) is 5.11 Å². The number of benzene rings is 2. The Bertz CT molecular complexity index is 535. The van der Waals surface area contributed by atoms with E-state index >= 15 is 0 Å². The molecule has 1 unspecified atom stereocenters. The summed E-state index contributed by atoms with van der Waals surface area (Å²) in [6, 6.07) is 18.4. The van der Waals surface area contributed by atoms with Gasteiger partial charge in [-0.2, -0.15) is 0 Å². The zero-order chi connectivity index (χ0) is 15.8. The largest absolute Gasteiger partial charge is 0.387 e. The molecule has 2 rings (SSSR count).